The van der Waals surface area contributed by atoms with Gasteiger partial charge in [0.1, 0.15) is 17.9 Å². The summed E-state index contributed by atoms with van der Waals surface area (Å²) in [6.07, 6.45) is 3.59. The van der Waals surface area contributed by atoms with Crippen LogP contribution in [0.4, 0.5) is 4.79 Å². The van der Waals surface area contributed by atoms with Crippen LogP contribution in [0, 0.1) is 5.92 Å². The molecule has 2 aliphatic rings. The number of carbonyl (C=O) groups is 3. The molecule has 0 radical (unpaired) electrons. The van der Waals surface area contributed by atoms with Crippen molar-refractivity contribution in [3.63, 3.8) is 0 Å². The summed E-state index contributed by atoms with van der Waals surface area (Å²) >= 11 is 0. The van der Waals surface area contributed by atoms with E-state index in [0.717, 1.165) is 16.0 Å². The second-order valence-corrected chi connectivity index (χ2v) is 8.11. The fraction of sp³-hybridized carbons (Fsp3) is 0.333. The van der Waals surface area contributed by atoms with E-state index in [0.29, 0.717) is 25.3 Å². The zero-order valence-corrected chi connectivity index (χ0v) is 17.9. The van der Waals surface area contributed by atoms with Crippen LogP contribution in [-0.4, -0.2) is 74.7 Å². The Morgan fingerprint density at radius 3 is 2.36 bits per heavy atom. The largest absolute Gasteiger partial charge is 0.488 e. The van der Waals surface area contributed by atoms with Crippen LogP contribution in [0.2, 0.25) is 0 Å². The van der Waals surface area contributed by atoms with E-state index in [1.165, 1.54) is 17.3 Å². The van der Waals surface area contributed by atoms with E-state index in [1.54, 1.807) is 12.1 Å². The molecular weight excluding hydrogens is 426 g/mol. The molecule has 3 atom stereocenters. The molecule has 0 saturated carbocycles. The number of benzene rings is 1. The zero-order valence-electron chi connectivity index (χ0n) is 17.9. The van der Waals surface area contributed by atoms with Crippen molar-refractivity contribution in [1.29, 1.82) is 0 Å². The lowest BCUT2D eigenvalue weighted by atomic mass is 9.86. The molecule has 2 N–H and O–H groups in total. The quantitative estimate of drug-likeness (QED) is 0.717. The van der Waals surface area contributed by atoms with Gasteiger partial charge < -0.3 is 19.8 Å². The summed E-state index contributed by atoms with van der Waals surface area (Å²) in [4.78, 5) is 43.8. The molecule has 1 fully saturated rings. The molecule has 1 aromatic heterocycles. The minimum Gasteiger partial charge on any atom is -0.488 e. The predicted molar refractivity (Wildman–Crippen MR) is 119 cm³/mol. The van der Waals surface area contributed by atoms with Gasteiger partial charge in [0.25, 0.3) is 0 Å². The Hall–Kier alpha value is -3.88. The van der Waals surface area contributed by atoms with Gasteiger partial charge in [0.05, 0.1) is 12.5 Å². The number of aromatic nitrogens is 1. The zero-order chi connectivity index (χ0) is 23.4. The molecule has 4 rings (SSSR count). The first-order valence-electron chi connectivity index (χ1n) is 10.8. The number of nitrogens with zero attached hydrogens (tertiary/aromatic N) is 3. The Morgan fingerprint density at radius 1 is 1.03 bits per heavy atom. The van der Waals surface area contributed by atoms with Crippen LogP contribution in [0.5, 0.6) is 5.75 Å². The minimum atomic E-state index is -1.35. The van der Waals surface area contributed by atoms with Crippen molar-refractivity contribution >= 4 is 23.5 Å². The number of pyridine rings is 1. The van der Waals surface area contributed by atoms with E-state index in [2.05, 4.69) is 4.98 Å². The molecule has 2 amide bonds. The normalized spacial score (nSPS) is 22.9. The number of hydrogen-bond donors (Lipinski definition) is 2. The van der Waals surface area contributed by atoms with E-state index in [4.69, 9.17) is 4.74 Å². The molecule has 2 aliphatic heterocycles. The molecule has 0 spiro atoms. The lowest BCUT2D eigenvalue weighted by Gasteiger charge is -2.42. The first kappa shape index (κ1) is 22.3. The Morgan fingerprint density at radius 2 is 1.76 bits per heavy atom. The van der Waals surface area contributed by atoms with Crippen molar-refractivity contribution in [1.82, 2.24) is 14.8 Å². The summed E-state index contributed by atoms with van der Waals surface area (Å²) in [6.45, 7) is 0.597. The van der Waals surface area contributed by atoms with Gasteiger partial charge in [-0.1, -0.05) is 36.4 Å². The number of carboxylic acids is 1. The van der Waals surface area contributed by atoms with Gasteiger partial charge in [-0.05, 0) is 29.7 Å². The molecule has 0 bridgehead atoms. The van der Waals surface area contributed by atoms with E-state index < -0.39 is 36.0 Å². The van der Waals surface area contributed by atoms with Gasteiger partial charge in [0.15, 0.2) is 0 Å². The molecule has 9 heteroatoms. The third-order valence-corrected chi connectivity index (χ3v) is 6.07. The predicted octanol–water partition coefficient (Wildman–Crippen LogP) is 2.60. The number of aliphatic carboxylic acids is 1. The van der Waals surface area contributed by atoms with Gasteiger partial charge in [0, 0.05) is 31.9 Å². The van der Waals surface area contributed by atoms with Gasteiger partial charge in [-0.15, -0.1) is 0 Å². The van der Waals surface area contributed by atoms with Crippen LogP contribution >= 0.6 is 0 Å². The molecule has 1 aromatic carbocycles. The highest BCUT2D eigenvalue weighted by atomic mass is 16.5. The molecule has 172 valence electrons. The van der Waals surface area contributed by atoms with Gasteiger partial charge in [-0.2, -0.15) is 0 Å². The van der Waals surface area contributed by atoms with E-state index in [9.17, 15) is 24.6 Å². The van der Waals surface area contributed by atoms with Gasteiger partial charge in [0.2, 0.25) is 5.91 Å². The molecule has 2 aromatic rings. The van der Waals surface area contributed by atoms with E-state index in [-0.39, 0.29) is 13.0 Å². The van der Waals surface area contributed by atoms with Crippen LogP contribution in [0.15, 0.2) is 60.9 Å². The Bertz CT molecular complexity index is 1020. The molecule has 33 heavy (non-hydrogen) atoms. The molecule has 0 unspecified atom stereocenters. The Kier molecular flexibility index (Phi) is 6.58. The number of likely N-dealkylation sites (tertiary alicyclic amines) is 1. The average molecular weight is 451 g/mol. The van der Waals surface area contributed by atoms with Crippen LogP contribution < -0.4 is 4.74 Å². The standard InChI is InChI=1S/C24H25N3O6/c28-22(26-12-8-17(9-13-26)16-4-2-1-3-5-16)21-20(23(29)30)14-19(15-27(21)24(31)32)33-18-6-10-25-11-7-18/h1-8,10-11,19-21H,9,12-15H2,(H,29,30)(H,31,32)/t19-,20-,21-/m0/s1. The second kappa shape index (κ2) is 9.72. The average Bonchev–Trinajstić information content (AvgIpc) is 2.84. The van der Waals surface area contributed by atoms with Gasteiger partial charge in [-0.25, -0.2) is 4.79 Å². The lowest BCUT2D eigenvalue weighted by molar-refractivity contribution is -0.155. The number of amides is 2. The summed E-state index contributed by atoms with van der Waals surface area (Å²) in [5.41, 5.74) is 2.19. The summed E-state index contributed by atoms with van der Waals surface area (Å²) in [6, 6.07) is 11.8. The maximum atomic E-state index is 13.4. The fourth-order valence-electron chi connectivity index (χ4n) is 4.44. The second-order valence-electron chi connectivity index (χ2n) is 8.11. The number of piperidine rings is 1. The highest BCUT2D eigenvalue weighted by molar-refractivity contribution is 5.91. The molecule has 3 heterocycles. The van der Waals surface area contributed by atoms with Gasteiger partial charge >= 0.3 is 12.1 Å². The first-order chi connectivity index (χ1) is 15.9. The van der Waals surface area contributed by atoms with Crippen molar-refractivity contribution < 1.29 is 29.3 Å². The Balaban J connectivity index is 1.52. The maximum absolute atomic E-state index is 13.4. The lowest BCUT2D eigenvalue weighted by Crippen LogP contribution is -2.62. The molecule has 1 saturated heterocycles. The number of hydrogen-bond acceptors (Lipinski definition) is 5. The maximum Gasteiger partial charge on any atom is 0.408 e. The SMILES string of the molecule is O=C(O)[C@H]1C[C@H](Oc2ccncc2)CN(C(=O)O)[C@@H]1C(=O)N1CC=C(c2ccccc2)CC1. The summed E-state index contributed by atoms with van der Waals surface area (Å²) in [5.74, 6) is -2.46. The van der Waals surface area contributed by atoms with Crippen molar-refractivity contribution in [2.75, 3.05) is 19.6 Å². The number of carboxylic acid groups (broad SMARTS) is 2. The first-order valence-corrected chi connectivity index (χ1v) is 10.8. The van der Waals surface area contributed by atoms with Crippen LogP contribution in [0.25, 0.3) is 5.57 Å². The molecular formula is C24H25N3O6. The number of rotatable bonds is 5. The highest BCUT2D eigenvalue weighted by Gasteiger charge is 2.48. The van der Waals surface area contributed by atoms with Crippen LogP contribution in [0.1, 0.15) is 18.4 Å². The topological polar surface area (TPSA) is 120 Å². The van der Waals surface area contributed by atoms with Crippen molar-refractivity contribution in [3.05, 3.63) is 66.5 Å². The fourth-order valence-corrected chi connectivity index (χ4v) is 4.44. The molecule has 9 nitrogen and oxygen atoms in total. The van der Waals surface area contributed by atoms with Crippen LogP contribution in [-0.2, 0) is 9.59 Å². The summed E-state index contributed by atoms with van der Waals surface area (Å²) < 4.78 is 5.81. The Labute approximate surface area is 190 Å². The number of carbonyl (C=O) groups excluding carboxylic acids is 1. The minimum absolute atomic E-state index is 0.0246. The molecule has 0 aliphatic carbocycles. The van der Waals surface area contributed by atoms with Crippen molar-refractivity contribution in [2.45, 2.75) is 25.0 Å². The highest BCUT2D eigenvalue weighted by Crippen LogP contribution is 2.30. The number of ether oxygens (including phenoxy) is 1. The smallest absolute Gasteiger partial charge is 0.408 e. The van der Waals surface area contributed by atoms with Crippen molar-refractivity contribution in [2.24, 2.45) is 5.92 Å². The van der Waals surface area contributed by atoms with Gasteiger partial charge in [-0.3, -0.25) is 19.5 Å². The third kappa shape index (κ3) is 4.97. The van der Waals surface area contributed by atoms with Crippen LogP contribution in [0.3, 0.4) is 0 Å². The third-order valence-electron chi connectivity index (χ3n) is 6.07. The summed E-state index contributed by atoms with van der Waals surface area (Å²) in [7, 11) is 0. The summed E-state index contributed by atoms with van der Waals surface area (Å²) in [5, 5.41) is 19.7. The van der Waals surface area contributed by atoms with E-state index >= 15 is 0 Å². The van der Waals surface area contributed by atoms with Crippen molar-refractivity contribution in [3.8, 4) is 5.75 Å². The monoisotopic (exact) mass is 451 g/mol. The van der Waals surface area contributed by atoms with E-state index in [1.807, 2.05) is 36.4 Å².